The van der Waals surface area contributed by atoms with Crippen molar-refractivity contribution >= 4 is 22.7 Å². The lowest BCUT2D eigenvalue weighted by Crippen LogP contribution is -1.76. The Labute approximate surface area is 154 Å². The van der Waals surface area contributed by atoms with Gasteiger partial charge in [0, 0.05) is 0 Å². The largest absolute Gasteiger partial charge is 0.151 e. The van der Waals surface area contributed by atoms with Crippen LogP contribution in [0.25, 0.3) is 0 Å². The van der Waals surface area contributed by atoms with Crippen LogP contribution in [0.1, 0.15) is 22.3 Å². The minimum atomic E-state index is 0.787. The van der Waals surface area contributed by atoms with Crippen LogP contribution < -0.4 is 0 Å². The Morgan fingerprint density at radius 2 is 0.846 bits per heavy atom. The second-order valence-electron chi connectivity index (χ2n) is 6.50. The van der Waals surface area contributed by atoms with Gasteiger partial charge in [-0.15, -0.1) is 0 Å². The van der Waals surface area contributed by atoms with Crippen molar-refractivity contribution in [2.75, 3.05) is 0 Å². The highest BCUT2D eigenvalue weighted by molar-refractivity contribution is 5.51. The number of azo groups is 2. The van der Waals surface area contributed by atoms with Crippen molar-refractivity contribution in [1.29, 1.82) is 0 Å². The quantitative estimate of drug-likeness (QED) is 0.435. The van der Waals surface area contributed by atoms with Crippen molar-refractivity contribution in [1.82, 2.24) is 0 Å². The van der Waals surface area contributed by atoms with Crippen LogP contribution in [0.5, 0.6) is 0 Å². The number of rotatable bonds is 4. The average molecular weight is 342 g/mol. The monoisotopic (exact) mass is 342 g/mol. The molecule has 0 N–H and O–H groups in total. The molecule has 0 fully saturated rings. The maximum Gasteiger partial charge on any atom is 0.0886 e. The van der Waals surface area contributed by atoms with Gasteiger partial charge in [0.05, 0.1) is 22.7 Å². The van der Waals surface area contributed by atoms with Crippen molar-refractivity contribution in [3.05, 3.63) is 82.9 Å². The molecule has 3 aromatic rings. The molecule has 130 valence electrons. The Morgan fingerprint density at radius 1 is 0.462 bits per heavy atom. The van der Waals surface area contributed by atoms with Crippen LogP contribution in [0.4, 0.5) is 22.7 Å². The third-order valence-electron chi connectivity index (χ3n) is 4.10. The second kappa shape index (κ2) is 7.83. The van der Waals surface area contributed by atoms with E-state index >= 15 is 0 Å². The van der Waals surface area contributed by atoms with Crippen LogP contribution in [0.15, 0.2) is 81.1 Å². The number of benzene rings is 3. The Kier molecular flexibility index (Phi) is 5.32. The highest BCUT2D eigenvalue weighted by Crippen LogP contribution is 2.26. The van der Waals surface area contributed by atoms with Gasteiger partial charge in [-0.05, 0) is 75.2 Å². The Balaban J connectivity index is 1.72. The fourth-order valence-electron chi connectivity index (χ4n) is 2.64. The first-order valence-electron chi connectivity index (χ1n) is 8.59. The van der Waals surface area contributed by atoms with Crippen molar-refractivity contribution in [3.63, 3.8) is 0 Å². The summed E-state index contributed by atoms with van der Waals surface area (Å²) in [4.78, 5) is 0. The molecule has 0 radical (unpaired) electrons. The zero-order chi connectivity index (χ0) is 18.5. The third kappa shape index (κ3) is 4.48. The van der Waals surface area contributed by atoms with Crippen molar-refractivity contribution in [2.24, 2.45) is 20.5 Å². The Morgan fingerprint density at radius 3 is 1.19 bits per heavy atom. The summed E-state index contributed by atoms with van der Waals surface area (Å²) in [5.74, 6) is 0. The third-order valence-corrected chi connectivity index (χ3v) is 4.10. The topological polar surface area (TPSA) is 49.4 Å². The first-order valence-corrected chi connectivity index (χ1v) is 8.59. The molecule has 0 saturated heterocycles. The minimum Gasteiger partial charge on any atom is -0.151 e. The van der Waals surface area contributed by atoms with Gasteiger partial charge in [0.2, 0.25) is 0 Å². The van der Waals surface area contributed by atoms with Gasteiger partial charge in [0.15, 0.2) is 0 Å². The molecule has 0 amide bonds. The summed E-state index contributed by atoms with van der Waals surface area (Å²) in [6.07, 6.45) is 0. The van der Waals surface area contributed by atoms with Crippen LogP contribution in [0.3, 0.4) is 0 Å². The summed E-state index contributed by atoms with van der Waals surface area (Å²) in [5, 5.41) is 17.3. The maximum absolute atomic E-state index is 4.33. The standard InChI is InChI=1S/C22H22N4/c1-15-5-11-21(17(3)13-15)25-23-19-7-9-20(10-8-19)24-26-22-12-6-16(2)14-18(22)4/h5-14H,1-4H3. The van der Waals surface area contributed by atoms with Gasteiger partial charge in [-0.3, -0.25) is 0 Å². The summed E-state index contributed by atoms with van der Waals surface area (Å²) in [5.41, 5.74) is 8.02. The van der Waals surface area contributed by atoms with E-state index in [0.717, 1.165) is 33.9 Å². The highest BCUT2D eigenvalue weighted by Gasteiger charge is 1.99. The molecule has 0 spiro atoms. The van der Waals surface area contributed by atoms with Crippen molar-refractivity contribution in [2.45, 2.75) is 27.7 Å². The van der Waals surface area contributed by atoms with E-state index in [1.165, 1.54) is 11.1 Å². The van der Waals surface area contributed by atoms with E-state index in [1.54, 1.807) is 0 Å². The lowest BCUT2D eigenvalue weighted by atomic mass is 10.1. The molecular formula is C22H22N4. The van der Waals surface area contributed by atoms with Gasteiger partial charge in [-0.1, -0.05) is 35.4 Å². The summed E-state index contributed by atoms with van der Waals surface area (Å²) in [6, 6.07) is 19.8. The van der Waals surface area contributed by atoms with Crippen molar-refractivity contribution in [3.8, 4) is 0 Å². The smallest absolute Gasteiger partial charge is 0.0886 e. The predicted octanol–water partition coefficient (Wildman–Crippen LogP) is 7.75. The van der Waals surface area contributed by atoms with Crippen LogP contribution in [-0.2, 0) is 0 Å². The summed E-state index contributed by atoms with van der Waals surface area (Å²) >= 11 is 0. The normalized spacial score (nSPS) is 11.5. The molecule has 3 rings (SSSR count). The van der Waals surface area contributed by atoms with E-state index in [1.807, 2.05) is 62.4 Å². The van der Waals surface area contributed by atoms with Crippen molar-refractivity contribution < 1.29 is 0 Å². The molecule has 0 heterocycles. The predicted molar refractivity (Wildman–Crippen MR) is 107 cm³/mol. The lowest BCUT2D eigenvalue weighted by Gasteiger charge is -2.01. The molecular weight excluding hydrogens is 320 g/mol. The number of nitrogens with zero attached hydrogens (tertiary/aromatic N) is 4. The molecule has 0 bridgehead atoms. The molecule has 0 atom stereocenters. The fourth-order valence-corrected chi connectivity index (χ4v) is 2.64. The summed E-state index contributed by atoms with van der Waals surface area (Å²) in [6.45, 7) is 8.22. The first kappa shape index (κ1) is 17.7. The van der Waals surface area contributed by atoms with E-state index in [0.29, 0.717) is 0 Å². The van der Waals surface area contributed by atoms with Gasteiger partial charge >= 0.3 is 0 Å². The average Bonchev–Trinajstić information content (AvgIpc) is 2.61. The van der Waals surface area contributed by atoms with E-state index in [4.69, 9.17) is 0 Å². The molecule has 4 heteroatoms. The van der Waals surface area contributed by atoms with Gasteiger partial charge in [-0.2, -0.15) is 20.5 Å². The number of hydrogen-bond donors (Lipinski definition) is 0. The fraction of sp³-hybridized carbons (Fsp3) is 0.182. The summed E-state index contributed by atoms with van der Waals surface area (Å²) < 4.78 is 0. The first-order chi connectivity index (χ1) is 12.5. The maximum atomic E-state index is 4.33. The molecule has 3 aromatic carbocycles. The van der Waals surface area contributed by atoms with Crippen LogP contribution in [0, 0.1) is 27.7 Å². The highest BCUT2D eigenvalue weighted by atomic mass is 15.1. The Hall–Kier alpha value is -3.14. The van der Waals surface area contributed by atoms with E-state index < -0.39 is 0 Å². The number of aryl methyl sites for hydroxylation is 4. The molecule has 26 heavy (non-hydrogen) atoms. The summed E-state index contributed by atoms with van der Waals surface area (Å²) in [7, 11) is 0. The van der Waals surface area contributed by atoms with Crippen LogP contribution in [0.2, 0.25) is 0 Å². The Bertz CT molecular complexity index is 889. The SMILES string of the molecule is Cc1ccc(N=Nc2ccc(N=Nc3ccc(C)cc3C)cc2)c(C)c1. The van der Waals surface area contributed by atoms with Crippen LogP contribution >= 0.6 is 0 Å². The molecule has 0 aliphatic heterocycles. The minimum absolute atomic E-state index is 0.787. The zero-order valence-corrected chi connectivity index (χ0v) is 15.6. The molecule has 4 nitrogen and oxygen atoms in total. The van der Waals surface area contributed by atoms with Gasteiger partial charge in [-0.25, -0.2) is 0 Å². The molecule has 0 aliphatic carbocycles. The van der Waals surface area contributed by atoms with Gasteiger partial charge < -0.3 is 0 Å². The van der Waals surface area contributed by atoms with E-state index in [9.17, 15) is 0 Å². The number of hydrogen-bond acceptors (Lipinski definition) is 4. The molecule has 0 saturated carbocycles. The van der Waals surface area contributed by atoms with E-state index in [2.05, 4.69) is 46.4 Å². The van der Waals surface area contributed by atoms with Gasteiger partial charge in [0.25, 0.3) is 0 Å². The van der Waals surface area contributed by atoms with Crippen LogP contribution in [-0.4, -0.2) is 0 Å². The van der Waals surface area contributed by atoms with Gasteiger partial charge in [0.1, 0.15) is 0 Å². The van der Waals surface area contributed by atoms with E-state index in [-0.39, 0.29) is 0 Å². The zero-order valence-electron chi connectivity index (χ0n) is 15.6. The second-order valence-corrected chi connectivity index (χ2v) is 6.50. The molecule has 0 aliphatic rings. The lowest BCUT2D eigenvalue weighted by molar-refractivity contribution is 1.19. The molecule has 0 unspecified atom stereocenters. The molecule has 0 aromatic heterocycles.